The Morgan fingerprint density at radius 2 is 1.79 bits per heavy atom. The normalized spacial score (nSPS) is 23.6. The molecule has 2 saturated heterocycles. The predicted molar refractivity (Wildman–Crippen MR) is 111 cm³/mol. The molecule has 0 unspecified atom stereocenters. The van der Waals surface area contributed by atoms with E-state index in [2.05, 4.69) is 25.5 Å². The molecule has 3 fully saturated rings. The molecule has 2 N–H and O–H groups in total. The first-order valence-corrected chi connectivity index (χ1v) is 11.0. The van der Waals surface area contributed by atoms with Crippen LogP contribution in [0.5, 0.6) is 0 Å². The first-order valence-electron chi connectivity index (χ1n) is 11.0. The van der Waals surface area contributed by atoms with Crippen molar-refractivity contribution in [3.05, 3.63) is 18.0 Å². The fraction of sp³-hybridized carbons (Fsp3) is 0.714. The van der Waals surface area contributed by atoms with Gasteiger partial charge in [-0.25, -0.2) is 9.97 Å². The van der Waals surface area contributed by atoms with Gasteiger partial charge in [0.05, 0.1) is 11.5 Å². The van der Waals surface area contributed by atoms with Crippen LogP contribution >= 0.6 is 0 Å². The number of nitrogens with zero attached hydrogens (tertiary/aromatic N) is 4. The number of amides is 2. The zero-order chi connectivity index (χ0) is 20.2. The molecule has 158 valence electrons. The van der Waals surface area contributed by atoms with Gasteiger partial charge < -0.3 is 15.5 Å². The van der Waals surface area contributed by atoms with E-state index in [0.717, 1.165) is 71.2 Å². The SMILES string of the molecule is CCNc1ncc(C(=O)N2CCC(N3CCC[C@H](C(=O)NC4CC4)C3)CC2)cn1. The summed E-state index contributed by atoms with van der Waals surface area (Å²) < 4.78 is 0. The highest BCUT2D eigenvalue weighted by molar-refractivity contribution is 5.93. The van der Waals surface area contributed by atoms with E-state index < -0.39 is 0 Å². The molecule has 2 aliphatic heterocycles. The van der Waals surface area contributed by atoms with Crippen molar-refractivity contribution in [3.63, 3.8) is 0 Å². The highest BCUT2D eigenvalue weighted by Crippen LogP contribution is 2.26. The summed E-state index contributed by atoms with van der Waals surface area (Å²) in [5.41, 5.74) is 0.542. The molecule has 0 spiro atoms. The zero-order valence-corrected chi connectivity index (χ0v) is 17.3. The van der Waals surface area contributed by atoms with Crippen molar-refractivity contribution in [2.24, 2.45) is 5.92 Å². The molecule has 3 aliphatic rings. The van der Waals surface area contributed by atoms with Crippen molar-refractivity contribution < 1.29 is 9.59 Å². The second kappa shape index (κ2) is 9.07. The average molecular weight is 401 g/mol. The Morgan fingerprint density at radius 1 is 1.07 bits per heavy atom. The topological polar surface area (TPSA) is 90.5 Å². The molecule has 4 rings (SSSR count). The molecule has 1 aromatic rings. The number of aromatic nitrogens is 2. The standard InChI is InChI=1S/C21H32N6O2/c1-2-22-21-23-12-16(13-24-21)20(29)26-10-7-18(8-11-26)27-9-3-4-15(14-27)19(28)25-17-5-6-17/h12-13,15,17-18H,2-11,14H2,1H3,(H,25,28)(H,22,23,24)/t15-/m0/s1. The van der Waals surface area contributed by atoms with Gasteiger partial charge in [0.15, 0.2) is 0 Å². The Balaban J connectivity index is 1.27. The van der Waals surface area contributed by atoms with Gasteiger partial charge in [0.1, 0.15) is 0 Å². The van der Waals surface area contributed by atoms with Gasteiger partial charge in [0.25, 0.3) is 5.91 Å². The minimum Gasteiger partial charge on any atom is -0.355 e. The molecule has 1 aliphatic carbocycles. The number of rotatable bonds is 6. The fourth-order valence-corrected chi connectivity index (χ4v) is 4.40. The largest absolute Gasteiger partial charge is 0.355 e. The van der Waals surface area contributed by atoms with Gasteiger partial charge in [-0.05, 0) is 52.0 Å². The molecule has 2 amide bonds. The van der Waals surface area contributed by atoms with Crippen molar-refractivity contribution in [2.75, 3.05) is 38.0 Å². The smallest absolute Gasteiger partial charge is 0.256 e. The van der Waals surface area contributed by atoms with Gasteiger partial charge in [-0.15, -0.1) is 0 Å². The van der Waals surface area contributed by atoms with Crippen LogP contribution in [0.2, 0.25) is 0 Å². The molecule has 1 aromatic heterocycles. The van der Waals surface area contributed by atoms with Crippen LogP contribution in [0.4, 0.5) is 5.95 Å². The van der Waals surface area contributed by atoms with Crippen LogP contribution in [0.3, 0.4) is 0 Å². The van der Waals surface area contributed by atoms with Crippen LogP contribution in [0.25, 0.3) is 0 Å². The number of carbonyl (C=O) groups is 2. The Labute approximate surface area is 172 Å². The number of anilines is 1. The average Bonchev–Trinajstić information content (AvgIpc) is 3.58. The Hall–Kier alpha value is -2.22. The van der Waals surface area contributed by atoms with Crippen LogP contribution in [0, 0.1) is 5.92 Å². The van der Waals surface area contributed by atoms with Crippen molar-refractivity contribution in [1.82, 2.24) is 25.1 Å². The van der Waals surface area contributed by atoms with Gasteiger partial charge >= 0.3 is 0 Å². The van der Waals surface area contributed by atoms with E-state index in [1.165, 1.54) is 0 Å². The number of carbonyl (C=O) groups excluding carboxylic acids is 2. The summed E-state index contributed by atoms with van der Waals surface area (Å²) in [5, 5.41) is 6.20. The molecule has 1 atom stereocenters. The maximum Gasteiger partial charge on any atom is 0.256 e. The van der Waals surface area contributed by atoms with Gasteiger partial charge in [-0.3, -0.25) is 14.5 Å². The molecule has 0 aromatic carbocycles. The highest BCUT2D eigenvalue weighted by Gasteiger charge is 2.34. The summed E-state index contributed by atoms with van der Waals surface area (Å²) in [6.07, 6.45) is 9.47. The number of hydrogen-bond donors (Lipinski definition) is 2. The van der Waals surface area contributed by atoms with E-state index in [0.29, 0.717) is 23.6 Å². The van der Waals surface area contributed by atoms with Crippen LogP contribution in [0.1, 0.15) is 55.8 Å². The second-order valence-corrected chi connectivity index (χ2v) is 8.47. The van der Waals surface area contributed by atoms with Crippen LogP contribution in [0.15, 0.2) is 12.4 Å². The molecular formula is C21H32N6O2. The lowest BCUT2D eigenvalue weighted by Gasteiger charge is -2.42. The van der Waals surface area contributed by atoms with Crippen LogP contribution in [-0.2, 0) is 4.79 Å². The molecule has 3 heterocycles. The van der Waals surface area contributed by atoms with E-state index in [9.17, 15) is 9.59 Å². The lowest BCUT2D eigenvalue weighted by molar-refractivity contribution is -0.127. The summed E-state index contributed by atoms with van der Waals surface area (Å²) in [4.78, 5) is 38.0. The van der Waals surface area contributed by atoms with Crippen molar-refractivity contribution in [2.45, 2.75) is 57.5 Å². The molecule has 0 radical (unpaired) electrons. The Bertz CT molecular complexity index is 712. The monoisotopic (exact) mass is 400 g/mol. The lowest BCUT2D eigenvalue weighted by Crippen LogP contribution is -2.51. The molecule has 8 nitrogen and oxygen atoms in total. The van der Waals surface area contributed by atoms with Crippen LogP contribution in [-0.4, -0.2) is 76.4 Å². The Kier molecular flexibility index (Phi) is 6.28. The maximum absolute atomic E-state index is 12.8. The summed E-state index contributed by atoms with van der Waals surface area (Å²) >= 11 is 0. The second-order valence-electron chi connectivity index (χ2n) is 8.47. The van der Waals surface area contributed by atoms with Gasteiger partial charge in [-0.1, -0.05) is 0 Å². The van der Waals surface area contributed by atoms with Crippen molar-refractivity contribution in [1.29, 1.82) is 0 Å². The summed E-state index contributed by atoms with van der Waals surface area (Å²) in [7, 11) is 0. The first-order chi connectivity index (χ1) is 14.1. The zero-order valence-electron chi connectivity index (χ0n) is 17.3. The number of piperidine rings is 2. The number of nitrogens with one attached hydrogen (secondary N) is 2. The quantitative estimate of drug-likeness (QED) is 0.752. The van der Waals surface area contributed by atoms with Crippen molar-refractivity contribution in [3.8, 4) is 0 Å². The van der Waals surface area contributed by atoms with E-state index in [1.807, 2.05) is 11.8 Å². The third kappa shape index (κ3) is 5.04. The van der Waals surface area contributed by atoms with Crippen LogP contribution < -0.4 is 10.6 Å². The third-order valence-electron chi connectivity index (χ3n) is 6.25. The fourth-order valence-electron chi connectivity index (χ4n) is 4.40. The molecular weight excluding hydrogens is 368 g/mol. The summed E-state index contributed by atoms with van der Waals surface area (Å²) in [6.45, 7) is 6.14. The number of likely N-dealkylation sites (tertiary alicyclic amines) is 2. The first kappa shape index (κ1) is 20.1. The molecule has 29 heavy (non-hydrogen) atoms. The van der Waals surface area contributed by atoms with E-state index in [1.54, 1.807) is 12.4 Å². The molecule has 1 saturated carbocycles. The third-order valence-corrected chi connectivity index (χ3v) is 6.25. The van der Waals surface area contributed by atoms with Gasteiger partial charge in [-0.2, -0.15) is 0 Å². The van der Waals surface area contributed by atoms with Gasteiger partial charge in [0, 0.05) is 50.7 Å². The minimum absolute atomic E-state index is 0.00632. The summed E-state index contributed by atoms with van der Waals surface area (Å²) in [5.74, 6) is 0.919. The highest BCUT2D eigenvalue weighted by atomic mass is 16.2. The van der Waals surface area contributed by atoms with E-state index in [-0.39, 0.29) is 17.7 Å². The number of hydrogen-bond acceptors (Lipinski definition) is 6. The summed E-state index contributed by atoms with van der Waals surface area (Å²) in [6, 6.07) is 0.894. The predicted octanol–water partition coefficient (Wildman–Crippen LogP) is 1.50. The van der Waals surface area contributed by atoms with E-state index >= 15 is 0 Å². The van der Waals surface area contributed by atoms with Gasteiger partial charge in [0.2, 0.25) is 11.9 Å². The molecule has 8 heteroatoms. The molecule has 0 bridgehead atoms. The maximum atomic E-state index is 12.8. The lowest BCUT2D eigenvalue weighted by atomic mass is 9.93. The Morgan fingerprint density at radius 3 is 2.45 bits per heavy atom. The minimum atomic E-state index is 0.00632. The van der Waals surface area contributed by atoms with E-state index in [4.69, 9.17) is 0 Å². The van der Waals surface area contributed by atoms with Crippen molar-refractivity contribution >= 4 is 17.8 Å².